The molecule has 19 heavy (non-hydrogen) atoms. The standard InChI is InChI=1S/C15H20F3N/c1-2-14(9-3-4-10-19-14)11-12-5-7-13(8-6-12)15(16,17)18/h5-8,19H,2-4,9-11H2,1H3. The third kappa shape index (κ3) is 3.50. The van der Waals surface area contributed by atoms with Crippen LogP contribution in [0.3, 0.4) is 0 Å². The lowest BCUT2D eigenvalue weighted by Crippen LogP contribution is -2.49. The SMILES string of the molecule is CCC1(Cc2ccc(C(F)(F)F)cc2)CCCCN1. The molecule has 1 aliphatic rings. The van der Waals surface area contributed by atoms with Crippen molar-refractivity contribution >= 4 is 0 Å². The average Bonchev–Trinajstić information content (AvgIpc) is 2.39. The monoisotopic (exact) mass is 271 g/mol. The summed E-state index contributed by atoms with van der Waals surface area (Å²) < 4.78 is 37.5. The van der Waals surface area contributed by atoms with Gasteiger partial charge in [0.25, 0.3) is 0 Å². The summed E-state index contributed by atoms with van der Waals surface area (Å²) in [6, 6.07) is 5.58. The molecule has 0 saturated carbocycles. The minimum absolute atomic E-state index is 0.0675. The molecule has 1 aliphatic heterocycles. The van der Waals surface area contributed by atoms with E-state index in [0.717, 1.165) is 31.4 Å². The molecular weight excluding hydrogens is 251 g/mol. The van der Waals surface area contributed by atoms with Crippen LogP contribution in [0.15, 0.2) is 24.3 Å². The maximum atomic E-state index is 12.5. The Balaban J connectivity index is 2.10. The molecule has 1 N–H and O–H groups in total. The van der Waals surface area contributed by atoms with E-state index in [1.54, 1.807) is 12.1 Å². The van der Waals surface area contributed by atoms with Crippen molar-refractivity contribution in [2.24, 2.45) is 0 Å². The van der Waals surface area contributed by atoms with Crippen LogP contribution in [0.2, 0.25) is 0 Å². The van der Waals surface area contributed by atoms with Gasteiger partial charge in [0.05, 0.1) is 5.56 Å². The number of alkyl halides is 3. The van der Waals surface area contributed by atoms with Gasteiger partial charge in [-0.05, 0) is 49.9 Å². The molecule has 1 fully saturated rings. The molecule has 1 atom stereocenters. The molecule has 0 bridgehead atoms. The molecule has 1 aromatic carbocycles. The van der Waals surface area contributed by atoms with Crippen molar-refractivity contribution in [1.82, 2.24) is 5.32 Å². The van der Waals surface area contributed by atoms with Crippen molar-refractivity contribution in [1.29, 1.82) is 0 Å². The summed E-state index contributed by atoms with van der Waals surface area (Å²) in [6.45, 7) is 3.15. The molecular formula is C15H20F3N. The van der Waals surface area contributed by atoms with Gasteiger partial charge in [0.15, 0.2) is 0 Å². The van der Waals surface area contributed by atoms with Gasteiger partial charge >= 0.3 is 6.18 Å². The van der Waals surface area contributed by atoms with Gasteiger partial charge in [-0.2, -0.15) is 13.2 Å². The van der Waals surface area contributed by atoms with Gasteiger partial charge < -0.3 is 5.32 Å². The fourth-order valence-corrected chi connectivity index (χ4v) is 2.81. The average molecular weight is 271 g/mol. The minimum atomic E-state index is -4.25. The lowest BCUT2D eigenvalue weighted by Gasteiger charge is -2.38. The van der Waals surface area contributed by atoms with E-state index in [9.17, 15) is 13.2 Å². The zero-order chi connectivity index (χ0) is 13.9. The first kappa shape index (κ1) is 14.4. The molecule has 0 radical (unpaired) electrons. The maximum Gasteiger partial charge on any atom is 0.416 e. The second kappa shape index (κ2) is 5.53. The third-order valence-electron chi connectivity index (χ3n) is 4.08. The predicted octanol–water partition coefficient (Wildman–Crippen LogP) is 4.17. The van der Waals surface area contributed by atoms with Gasteiger partial charge in [0.1, 0.15) is 0 Å². The second-order valence-electron chi connectivity index (χ2n) is 5.39. The van der Waals surface area contributed by atoms with E-state index in [1.165, 1.54) is 25.0 Å². The van der Waals surface area contributed by atoms with E-state index in [0.29, 0.717) is 0 Å². The van der Waals surface area contributed by atoms with Crippen LogP contribution in [0.1, 0.15) is 43.7 Å². The molecule has 0 spiro atoms. The van der Waals surface area contributed by atoms with Crippen LogP contribution in [0, 0.1) is 0 Å². The van der Waals surface area contributed by atoms with Gasteiger partial charge in [-0.25, -0.2) is 0 Å². The Morgan fingerprint density at radius 3 is 2.32 bits per heavy atom. The van der Waals surface area contributed by atoms with E-state index >= 15 is 0 Å². The van der Waals surface area contributed by atoms with Gasteiger partial charge in [0, 0.05) is 5.54 Å². The van der Waals surface area contributed by atoms with Crippen molar-refractivity contribution in [3.05, 3.63) is 35.4 Å². The molecule has 0 amide bonds. The molecule has 1 heterocycles. The zero-order valence-corrected chi connectivity index (χ0v) is 11.2. The number of piperidine rings is 1. The summed E-state index contributed by atoms with van der Waals surface area (Å²) >= 11 is 0. The quantitative estimate of drug-likeness (QED) is 0.870. The van der Waals surface area contributed by atoms with E-state index in [1.807, 2.05) is 0 Å². The normalized spacial score (nSPS) is 24.4. The largest absolute Gasteiger partial charge is 0.416 e. The topological polar surface area (TPSA) is 12.0 Å². The van der Waals surface area contributed by atoms with E-state index in [2.05, 4.69) is 12.2 Å². The van der Waals surface area contributed by atoms with Crippen LogP contribution in [-0.4, -0.2) is 12.1 Å². The highest BCUT2D eigenvalue weighted by Crippen LogP contribution is 2.31. The van der Waals surface area contributed by atoms with E-state index in [4.69, 9.17) is 0 Å². The Kier molecular flexibility index (Phi) is 4.19. The van der Waals surface area contributed by atoms with Crippen LogP contribution in [0.4, 0.5) is 13.2 Å². The fraction of sp³-hybridized carbons (Fsp3) is 0.600. The number of rotatable bonds is 3. The molecule has 1 nitrogen and oxygen atoms in total. The lowest BCUT2D eigenvalue weighted by atomic mass is 9.81. The predicted molar refractivity (Wildman–Crippen MR) is 70.0 cm³/mol. The van der Waals surface area contributed by atoms with Crippen molar-refractivity contribution in [2.75, 3.05) is 6.54 Å². The van der Waals surface area contributed by atoms with Crippen LogP contribution in [0.25, 0.3) is 0 Å². The molecule has 0 aromatic heterocycles. The molecule has 0 aliphatic carbocycles. The Hall–Kier alpha value is -1.03. The smallest absolute Gasteiger partial charge is 0.311 e. The highest BCUT2D eigenvalue weighted by molar-refractivity contribution is 5.26. The van der Waals surface area contributed by atoms with Crippen molar-refractivity contribution in [2.45, 2.75) is 50.7 Å². The van der Waals surface area contributed by atoms with Crippen LogP contribution in [0.5, 0.6) is 0 Å². The number of nitrogens with one attached hydrogen (secondary N) is 1. The maximum absolute atomic E-state index is 12.5. The number of hydrogen-bond acceptors (Lipinski definition) is 1. The van der Waals surface area contributed by atoms with Crippen molar-refractivity contribution in [3.8, 4) is 0 Å². The zero-order valence-electron chi connectivity index (χ0n) is 11.2. The molecule has 1 saturated heterocycles. The Morgan fingerprint density at radius 1 is 1.16 bits per heavy atom. The molecule has 2 rings (SSSR count). The summed E-state index contributed by atoms with van der Waals surface area (Å²) in [5, 5.41) is 3.55. The number of benzene rings is 1. The van der Waals surface area contributed by atoms with E-state index in [-0.39, 0.29) is 5.54 Å². The van der Waals surface area contributed by atoms with Crippen molar-refractivity contribution in [3.63, 3.8) is 0 Å². The first-order chi connectivity index (χ1) is 8.95. The van der Waals surface area contributed by atoms with Crippen LogP contribution >= 0.6 is 0 Å². The summed E-state index contributed by atoms with van der Waals surface area (Å²) in [5.41, 5.74) is 0.473. The van der Waals surface area contributed by atoms with Crippen molar-refractivity contribution < 1.29 is 13.2 Å². The van der Waals surface area contributed by atoms with Crippen LogP contribution < -0.4 is 5.32 Å². The molecule has 106 valence electrons. The van der Waals surface area contributed by atoms with Gasteiger partial charge in [0.2, 0.25) is 0 Å². The summed E-state index contributed by atoms with van der Waals surface area (Å²) in [5.74, 6) is 0. The summed E-state index contributed by atoms with van der Waals surface area (Å²) in [7, 11) is 0. The van der Waals surface area contributed by atoms with E-state index < -0.39 is 11.7 Å². The first-order valence-electron chi connectivity index (χ1n) is 6.86. The molecule has 1 unspecified atom stereocenters. The first-order valence-corrected chi connectivity index (χ1v) is 6.86. The molecule has 1 aromatic rings. The Bertz CT molecular complexity index is 402. The minimum Gasteiger partial charge on any atom is -0.311 e. The molecule has 4 heteroatoms. The highest BCUT2D eigenvalue weighted by Gasteiger charge is 2.32. The Labute approximate surface area is 112 Å². The number of hydrogen-bond donors (Lipinski definition) is 1. The fourth-order valence-electron chi connectivity index (χ4n) is 2.81. The second-order valence-corrected chi connectivity index (χ2v) is 5.39. The van der Waals surface area contributed by atoms with Gasteiger partial charge in [-0.15, -0.1) is 0 Å². The van der Waals surface area contributed by atoms with Gasteiger partial charge in [-0.1, -0.05) is 25.5 Å². The summed E-state index contributed by atoms with van der Waals surface area (Å²) in [6.07, 6.45) is 1.06. The number of halogens is 3. The van der Waals surface area contributed by atoms with Crippen LogP contribution in [-0.2, 0) is 12.6 Å². The van der Waals surface area contributed by atoms with Gasteiger partial charge in [-0.3, -0.25) is 0 Å². The highest BCUT2D eigenvalue weighted by atomic mass is 19.4. The Morgan fingerprint density at radius 2 is 1.84 bits per heavy atom. The summed E-state index contributed by atoms with van der Waals surface area (Å²) in [4.78, 5) is 0. The third-order valence-corrected chi connectivity index (χ3v) is 4.08. The lowest BCUT2D eigenvalue weighted by molar-refractivity contribution is -0.137.